The van der Waals surface area contributed by atoms with E-state index in [1.54, 1.807) is 30.4 Å². The Labute approximate surface area is 98.2 Å². The van der Waals surface area contributed by atoms with Crippen LogP contribution >= 0.6 is 11.3 Å². The summed E-state index contributed by atoms with van der Waals surface area (Å²) in [6.45, 7) is 3.70. The van der Waals surface area contributed by atoms with Crippen LogP contribution in [0.2, 0.25) is 0 Å². The van der Waals surface area contributed by atoms with Gasteiger partial charge in [-0.2, -0.15) is 0 Å². The number of aryl methyl sites for hydroxylation is 2. The van der Waals surface area contributed by atoms with E-state index in [-0.39, 0.29) is 5.82 Å². The lowest BCUT2D eigenvalue weighted by molar-refractivity contribution is 0.224. The third-order valence-corrected chi connectivity index (χ3v) is 3.58. The number of halogens is 1. The predicted molar refractivity (Wildman–Crippen MR) is 64.3 cm³/mol. The molecule has 0 unspecified atom stereocenters. The van der Waals surface area contributed by atoms with Crippen LogP contribution in [0.4, 0.5) is 4.39 Å². The van der Waals surface area contributed by atoms with Crippen molar-refractivity contribution in [2.45, 2.75) is 20.0 Å². The highest BCUT2D eigenvalue weighted by molar-refractivity contribution is 7.12. The first-order valence-electron chi connectivity index (χ1n) is 5.08. The smallest absolute Gasteiger partial charge is 0.126 e. The first-order chi connectivity index (χ1) is 7.58. The molecule has 3 heteroatoms. The normalized spacial score (nSPS) is 12.8. The highest BCUT2D eigenvalue weighted by Crippen LogP contribution is 2.28. The molecule has 1 N–H and O–H groups in total. The van der Waals surface area contributed by atoms with Gasteiger partial charge in [0, 0.05) is 9.75 Å². The molecule has 84 valence electrons. The average molecular weight is 236 g/mol. The van der Waals surface area contributed by atoms with Gasteiger partial charge in [-0.15, -0.1) is 11.3 Å². The second kappa shape index (κ2) is 4.36. The Hall–Kier alpha value is -1.19. The molecule has 16 heavy (non-hydrogen) atoms. The van der Waals surface area contributed by atoms with Gasteiger partial charge in [-0.3, -0.25) is 0 Å². The van der Waals surface area contributed by atoms with E-state index in [1.165, 1.54) is 6.07 Å². The highest BCUT2D eigenvalue weighted by atomic mass is 32.1. The molecule has 0 amide bonds. The average Bonchev–Trinajstić information content (AvgIpc) is 2.68. The van der Waals surface area contributed by atoms with E-state index in [1.807, 2.05) is 19.1 Å². The van der Waals surface area contributed by atoms with Crippen molar-refractivity contribution in [1.82, 2.24) is 0 Å². The van der Waals surface area contributed by atoms with Gasteiger partial charge in [0.05, 0.1) is 0 Å². The Bertz CT molecular complexity index is 504. The van der Waals surface area contributed by atoms with Crippen molar-refractivity contribution in [2.24, 2.45) is 0 Å². The van der Waals surface area contributed by atoms with Crippen LogP contribution in [0.15, 0.2) is 30.3 Å². The molecule has 0 radical (unpaired) electrons. The van der Waals surface area contributed by atoms with Crippen molar-refractivity contribution in [2.75, 3.05) is 0 Å². The number of benzene rings is 1. The Kier molecular flexibility index (Phi) is 3.08. The molecule has 0 aliphatic heterocycles. The molecule has 1 aromatic carbocycles. The minimum absolute atomic E-state index is 0.238. The van der Waals surface area contributed by atoms with Crippen molar-refractivity contribution in [3.63, 3.8) is 0 Å². The summed E-state index contributed by atoms with van der Waals surface area (Å²) in [4.78, 5) is 2.05. The van der Waals surface area contributed by atoms with Crippen LogP contribution in [-0.4, -0.2) is 5.11 Å². The van der Waals surface area contributed by atoms with E-state index in [0.29, 0.717) is 5.56 Å². The molecular weight excluding hydrogens is 223 g/mol. The SMILES string of the molecule is Cc1ccc([C@@H](O)c2ccc(F)c(C)c2)s1. The van der Waals surface area contributed by atoms with Gasteiger partial charge >= 0.3 is 0 Å². The zero-order valence-corrected chi connectivity index (χ0v) is 10.0. The van der Waals surface area contributed by atoms with E-state index in [0.717, 1.165) is 15.3 Å². The third kappa shape index (κ3) is 2.15. The summed E-state index contributed by atoms with van der Waals surface area (Å²) >= 11 is 1.56. The summed E-state index contributed by atoms with van der Waals surface area (Å²) in [7, 11) is 0. The third-order valence-electron chi connectivity index (χ3n) is 2.53. The second-order valence-corrected chi connectivity index (χ2v) is 5.18. The Morgan fingerprint density at radius 1 is 1.19 bits per heavy atom. The maximum atomic E-state index is 13.1. The number of hydrogen-bond donors (Lipinski definition) is 1. The van der Waals surface area contributed by atoms with Gasteiger partial charge in [0.15, 0.2) is 0 Å². The van der Waals surface area contributed by atoms with Gasteiger partial charge in [0.25, 0.3) is 0 Å². The van der Waals surface area contributed by atoms with Gasteiger partial charge in [0.1, 0.15) is 11.9 Å². The summed E-state index contributed by atoms with van der Waals surface area (Å²) < 4.78 is 13.1. The fraction of sp³-hybridized carbons (Fsp3) is 0.231. The maximum Gasteiger partial charge on any atom is 0.126 e. The first-order valence-corrected chi connectivity index (χ1v) is 5.90. The van der Waals surface area contributed by atoms with Crippen LogP contribution in [0, 0.1) is 19.7 Å². The summed E-state index contributed by atoms with van der Waals surface area (Å²) in [5.74, 6) is -0.238. The summed E-state index contributed by atoms with van der Waals surface area (Å²) in [6.07, 6.45) is -0.655. The molecule has 1 atom stereocenters. The lowest BCUT2D eigenvalue weighted by Crippen LogP contribution is -1.98. The molecule has 0 aliphatic carbocycles. The summed E-state index contributed by atoms with van der Waals surface area (Å²) in [5, 5.41) is 10.1. The number of hydrogen-bond acceptors (Lipinski definition) is 2. The van der Waals surface area contributed by atoms with Crippen LogP contribution < -0.4 is 0 Å². The number of rotatable bonds is 2. The van der Waals surface area contributed by atoms with Crippen molar-refractivity contribution >= 4 is 11.3 Å². The van der Waals surface area contributed by atoms with Crippen LogP contribution in [0.25, 0.3) is 0 Å². The summed E-state index contributed by atoms with van der Waals surface area (Å²) in [5.41, 5.74) is 1.30. The molecule has 1 aromatic heterocycles. The fourth-order valence-electron chi connectivity index (χ4n) is 1.60. The molecule has 0 aliphatic rings. The van der Waals surface area contributed by atoms with Gasteiger partial charge < -0.3 is 5.11 Å². The van der Waals surface area contributed by atoms with Crippen molar-refractivity contribution in [3.05, 3.63) is 57.0 Å². The Morgan fingerprint density at radius 3 is 2.50 bits per heavy atom. The highest BCUT2D eigenvalue weighted by Gasteiger charge is 2.13. The number of aliphatic hydroxyl groups excluding tert-OH is 1. The molecule has 1 heterocycles. The van der Waals surface area contributed by atoms with Crippen LogP contribution in [0.3, 0.4) is 0 Å². The van der Waals surface area contributed by atoms with Crippen LogP contribution in [-0.2, 0) is 0 Å². The minimum Gasteiger partial charge on any atom is -0.383 e. The fourth-order valence-corrected chi connectivity index (χ4v) is 2.49. The van der Waals surface area contributed by atoms with E-state index >= 15 is 0 Å². The second-order valence-electron chi connectivity index (χ2n) is 3.86. The molecule has 2 rings (SSSR count). The van der Waals surface area contributed by atoms with Crippen molar-refractivity contribution in [3.8, 4) is 0 Å². The lowest BCUT2D eigenvalue weighted by Gasteiger charge is -2.09. The summed E-state index contributed by atoms with van der Waals surface area (Å²) in [6, 6.07) is 8.59. The van der Waals surface area contributed by atoms with Gasteiger partial charge in [0.2, 0.25) is 0 Å². The van der Waals surface area contributed by atoms with E-state index < -0.39 is 6.10 Å². The standard InChI is InChI=1S/C13H13FOS/c1-8-7-10(4-5-11(8)14)13(15)12-6-3-9(2)16-12/h3-7,13,15H,1-2H3/t13-/m0/s1. The Morgan fingerprint density at radius 2 is 1.94 bits per heavy atom. The molecule has 2 aromatic rings. The van der Waals surface area contributed by atoms with Crippen molar-refractivity contribution in [1.29, 1.82) is 0 Å². The zero-order valence-electron chi connectivity index (χ0n) is 9.20. The largest absolute Gasteiger partial charge is 0.383 e. The molecule has 0 spiro atoms. The molecule has 0 fully saturated rings. The molecule has 0 saturated carbocycles. The predicted octanol–water partition coefficient (Wildman–Crippen LogP) is 3.59. The van der Waals surface area contributed by atoms with Crippen molar-refractivity contribution < 1.29 is 9.50 Å². The van der Waals surface area contributed by atoms with Crippen LogP contribution in [0.5, 0.6) is 0 Å². The molecule has 0 saturated heterocycles. The van der Waals surface area contributed by atoms with Gasteiger partial charge in [-0.1, -0.05) is 12.1 Å². The monoisotopic (exact) mass is 236 g/mol. The number of thiophene rings is 1. The molecular formula is C13H13FOS. The van der Waals surface area contributed by atoms with Gasteiger partial charge in [-0.05, 0) is 43.2 Å². The minimum atomic E-state index is -0.655. The van der Waals surface area contributed by atoms with E-state index in [9.17, 15) is 9.50 Å². The Balaban J connectivity index is 2.33. The molecule has 1 nitrogen and oxygen atoms in total. The first kappa shape index (κ1) is 11.3. The number of aliphatic hydroxyl groups is 1. The topological polar surface area (TPSA) is 20.2 Å². The van der Waals surface area contributed by atoms with E-state index in [2.05, 4.69) is 0 Å². The maximum absolute atomic E-state index is 13.1. The quantitative estimate of drug-likeness (QED) is 0.845. The van der Waals surface area contributed by atoms with Crippen LogP contribution in [0.1, 0.15) is 27.0 Å². The van der Waals surface area contributed by atoms with Gasteiger partial charge in [-0.25, -0.2) is 4.39 Å². The lowest BCUT2D eigenvalue weighted by atomic mass is 10.1. The zero-order chi connectivity index (χ0) is 11.7. The van der Waals surface area contributed by atoms with E-state index in [4.69, 9.17) is 0 Å². The molecule has 0 bridgehead atoms.